The van der Waals surface area contributed by atoms with E-state index in [0.717, 1.165) is 29.4 Å². The summed E-state index contributed by atoms with van der Waals surface area (Å²) in [7, 11) is 0. The predicted molar refractivity (Wildman–Crippen MR) is 129 cm³/mol. The number of carbonyl (C=O) groups excluding carboxylic acids is 1. The van der Waals surface area contributed by atoms with Crippen LogP contribution >= 0.6 is 34.3 Å². The summed E-state index contributed by atoms with van der Waals surface area (Å²) in [5.74, 6) is -0.0278. The van der Waals surface area contributed by atoms with Crippen molar-refractivity contribution in [3.05, 3.63) is 64.1 Å². The molecule has 0 unspecified atom stereocenters. The van der Waals surface area contributed by atoms with Gasteiger partial charge in [-0.25, -0.2) is 9.97 Å². The molecule has 9 heteroatoms. The zero-order valence-electron chi connectivity index (χ0n) is 16.8. The highest BCUT2D eigenvalue weighted by atomic mass is 35.5. The third-order valence-electron chi connectivity index (χ3n) is 5.19. The Morgan fingerprint density at radius 2 is 1.84 bits per heavy atom. The molecule has 1 saturated heterocycles. The molecule has 5 rings (SSSR count). The zero-order valence-corrected chi connectivity index (χ0v) is 19.2. The van der Waals surface area contributed by atoms with Crippen molar-refractivity contribution in [2.45, 2.75) is 6.92 Å². The molecule has 0 saturated carbocycles. The lowest BCUT2D eigenvalue weighted by Gasteiger charge is -2.34. The number of thiazole rings is 2. The van der Waals surface area contributed by atoms with Crippen LogP contribution in [0.15, 0.2) is 47.8 Å². The lowest BCUT2D eigenvalue weighted by molar-refractivity contribution is 0.0742. The van der Waals surface area contributed by atoms with Crippen molar-refractivity contribution in [2.24, 2.45) is 0 Å². The van der Waals surface area contributed by atoms with Crippen LogP contribution in [0.1, 0.15) is 16.1 Å². The van der Waals surface area contributed by atoms with E-state index < -0.39 is 0 Å². The van der Waals surface area contributed by atoms with Gasteiger partial charge in [0.2, 0.25) is 0 Å². The molecule has 31 heavy (non-hydrogen) atoms. The maximum atomic E-state index is 12.9. The molecule has 4 aromatic rings. The van der Waals surface area contributed by atoms with Gasteiger partial charge < -0.3 is 15.1 Å². The van der Waals surface area contributed by atoms with Crippen LogP contribution in [0.25, 0.3) is 10.2 Å². The summed E-state index contributed by atoms with van der Waals surface area (Å²) in [5, 5.41) is 7.42. The first kappa shape index (κ1) is 20.2. The number of amides is 1. The average Bonchev–Trinajstić information content (AvgIpc) is 3.42. The van der Waals surface area contributed by atoms with Crippen LogP contribution in [0.4, 0.5) is 16.0 Å². The number of benzene rings is 2. The molecule has 1 aliphatic heterocycles. The quantitative estimate of drug-likeness (QED) is 0.432. The summed E-state index contributed by atoms with van der Waals surface area (Å²) in [6.45, 7) is 4.93. The van der Waals surface area contributed by atoms with E-state index in [4.69, 9.17) is 16.6 Å². The van der Waals surface area contributed by atoms with E-state index in [1.165, 1.54) is 21.6 Å². The number of nitrogens with zero attached hydrogens (tertiary/aromatic N) is 4. The molecular weight excluding hydrogens is 450 g/mol. The molecular formula is C22H20ClN5OS2. The monoisotopic (exact) mass is 469 g/mol. The van der Waals surface area contributed by atoms with Crippen molar-refractivity contribution in [2.75, 3.05) is 36.4 Å². The molecule has 0 spiro atoms. The summed E-state index contributed by atoms with van der Waals surface area (Å²) < 4.78 is 1.20. The van der Waals surface area contributed by atoms with Crippen LogP contribution < -0.4 is 10.2 Å². The fourth-order valence-electron chi connectivity index (χ4n) is 3.51. The van der Waals surface area contributed by atoms with Crippen LogP contribution in [0.5, 0.6) is 0 Å². The van der Waals surface area contributed by atoms with Gasteiger partial charge in [0.25, 0.3) is 5.91 Å². The molecule has 1 N–H and O–H groups in total. The van der Waals surface area contributed by atoms with Gasteiger partial charge in [0.05, 0.1) is 10.2 Å². The standard InChI is InChI=1S/C22H20ClN5OS2/c1-14-2-7-19-17(12-14)26-22(31-19)28-10-8-27(9-11-28)20(29)18-13-30-21(25-18)24-16-5-3-15(23)4-6-16/h2-7,12-13H,8-11H2,1H3,(H,24,25). The van der Waals surface area contributed by atoms with E-state index in [1.807, 2.05) is 34.5 Å². The summed E-state index contributed by atoms with van der Waals surface area (Å²) in [6.07, 6.45) is 0. The number of hydrogen-bond donors (Lipinski definition) is 1. The van der Waals surface area contributed by atoms with E-state index in [0.29, 0.717) is 28.9 Å². The second-order valence-corrected chi connectivity index (χ2v) is 9.72. The number of hydrogen-bond acceptors (Lipinski definition) is 7. The molecule has 0 radical (unpaired) electrons. The highest BCUT2D eigenvalue weighted by Gasteiger charge is 2.25. The zero-order chi connectivity index (χ0) is 21.4. The first-order valence-electron chi connectivity index (χ1n) is 9.95. The maximum Gasteiger partial charge on any atom is 0.273 e. The van der Waals surface area contributed by atoms with E-state index >= 15 is 0 Å². The largest absolute Gasteiger partial charge is 0.345 e. The second-order valence-electron chi connectivity index (χ2n) is 7.42. The maximum absolute atomic E-state index is 12.9. The first-order valence-corrected chi connectivity index (χ1v) is 12.0. The van der Waals surface area contributed by atoms with E-state index in [2.05, 4.69) is 40.3 Å². The minimum absolute atomic E-state index is 0.0278. The first-order chi connectivity index (χ1) is 15.0. The number of carbonyl (C=O) groups is 1. The van der Waals surface area contributed by atoms with E-state index in [1.54, 1.807) is 11.3 Å². The number of aryl methyl sites for hydroxylation is 1. The molecule has 6 nitrogen and oxygen atoms in total. The van der Waals surface area contributed by atoms with Gasteiger partial charge in [0.15, 0.2) is 10.3 Å². The SMILES string of the molecule is Cc1ccc2sc(N3CCN(C(=O)c4csc(Nc5ccc(Cl)cc5)n4)CC3)nc2c1. The summed E-state index contributed by atoms with van der Waals surface area (Å²) in [4.78, 5) is 26.3. The van der Waals surface area contributed by atoms with Crippen molar-refractivity contribution >= 4 is 66.3 Å². The Morgan fingerprint density at radius 1 is 1.06 bits per heavy atom. The van der Waals surface area contributed by atoms with Crippen LogP contribution in [-0.2, 0) is 0 Å². The Bertz CT molecular complexity index is 1230. The minimum atomic E-state index is -0.0278. The van der Waals surface area contributed by atoms with Gasteiger partial charge in [-0.1, -0.05) is 29.0 Å². The molecule has 2 aromatic heterocycles. The predicted octanol–water partition coefficient (Wildman–Crippen LogP) is 5.42. The number of rotatable bonds is 4. The normalized spacial score (nSPS) is 14.3. The van der Waals surface area contributed by atoms with Gasteiger partial charge in [0.1, 0.15) is 5.69 Å². The molecule has 158 valence electrons. The number of aromatic nitrogens is 2. The third kappa shape index (κ3) is 4.37. The van der Waals surface area contributed by atoms with Crippen molar-refractivity contribution < 1.29 is 4.79 Å². The van der Waals surface area contributed by atoms with Crippen molar-refractivity contribution in [3.63, 3.8) is 0 Å². The smallest absolute Gasteiger partial charge is 0.273 e. The Morgan fingerprint density at radius 3 is 2.61 bits per heavy atom. The number of fused-ring (bicyclic) bond motifs is 1. The summed E-state index contributed by atoms with van der Waals surface area (Å²) in [5.41, 5.74) is 3.62. The summed E-state index contributed by atoms with van der Waals surface area (Å²) >= 11 is 9.05. The Balaban J connectivity index is 1.21. The fourth-order valence-corrected chi connectivity index (χ4v) is 5.34. The summed E-state index contributed by atoms with van der Waals surface area (Å²) in [6, 6.07) is 13.8. The molecule has 3 heterocycles. The molecule has 1 aliphatic rings. The van der Waals surface area contributed by atoms with Gasteiger partial charge in [0, 0.05) is 42.3 Å². The minimum Gasteiger partial charge on any atom is -0.345 e. The fraction of sp³-hybridized carbons (Fsp3) is 0.227. The van der Waals surface area contributed by atoms with E-state index in [-0.39, 0.29) is 5.91 Å². The second kappa shape index (κ2) is 8.45. The molecule has 1 fully saturated rings. The van der Waals surface area contributed by atoms with Crippen molar-refractivity contribution in [1.29, 1.82) is 0 Å². The molecule has 0 atom stereocenters. The molecule has 1 amide bonds. The van der Waals surface area contributed by atoms with Crippen LogP contribution in [0.2, 0.25) is 5.02 Å². The lowest BCUT2D eigenvalue weighted by atomic mass is 10.2. The van der Waals surface area contributed by atoms with Gasteiger partial charge in [-0.05, 0) is 48.9 Å². The van der Waals surface area contributed by atoms with E-state index in [9.17, 15) is 4.79 Å². The number of halogens is 1. The van der Waals surface area contributed by atoms with Gasteiger partial charge in [-0.15, -0.1) is 11.3 Å². The molecule has 0 bridgehead atoms. The van der Waals surface area contributed by atoms with Gasteiger partial charge in [-0.2, -0.15) is 0 Å². The Labute approximate surface area is 193 Å². The van der Waals surface area contributed by atoms with Gasteiger partial charge in [-0.3, -0.25) is 4.79 Å². The van der Waals surface area contributed by atoms with Crippen LogP contribution in [0.3, 0.4) is 0 Å². The average molecular weight is 470 g/mol. The number of nitrogens with one attached hydrogen (secondary N) is 1. The number of anilines is 3. The lowest BCUT2D eigenvalue weighted by Crippen LogP contribution is -2.48. The Hall–Kier alpha value is -2.68. The van der Waals surface area contributed by atoms with Crippen molar-refractivity contribution in [1.82, 2.24) is 14.9 Å². The molecule has 0 aliphatic carbocycles. The topological polar surface area (TPSA) is 61.4 Å². The third-order valence-corrected chi connectivity index (χ3v) is 7.29. The van der Waals surface area contributed by atoms with Crippen LogP contribution in [0, 0.1) is 6.92 Å². The Kier molecular flexibility index (Phi) is 5.52. The van der Waals surface area contributed by atoms with Gasteiger partial charge >= 0.3 is 0 Å². The molecule has 2 aromatic carbocycles. The highest BCUT2D eigenvalue weighted by Crippen LogP contribution is 2.30. The highest BCUT2D eigenvalue weighted by molar-refractivity contribution is 7.22. The van der Waals surface area contributed by atoms with Crippen molar-refractivity contribution in [3.8, 4) is 0 Å². The number of piperazine rings is 1. The van der Waals surface area contributed by atoms with Crippen LogP contribution in [-0.4, -0.2) is 47.0 Å².